The zero-order valence-electron chi connectivity index (χ0n) is 9.37. The minimum Gasteiger partial charge on any atom is -0.464 e. The number of carbonyl (C=O) groups is 1. The van der Waals surface area contributed by atoms with Crippen molar-refractivity contribution in [2.75, 3.05) is 13.2 Å². The second-order valence-corrected chi connectivity index (χ2v) is 3.56. The van der Waals surface area contributed by atoms with Crippen molar-refractivity contribution >= 4 is 5.97 Å². The van der Waals surface area contributed by atoms with Crippen molar-refractivity contribution in [2.24, 2.45) is 0 Å². The molecule has 6 heteroatoms. The maximum atomic E-state index is 11.1. The number of hydrogen-bond acceptors (Lipinski definition) is 6. The van der Waals surface area contributed by atoms with Crippen molar-refractivity contribution in [1.82, 2.24) is 0 Å². The van der Waals surface area contributed by atoms with Gasteiger partial charge in [0.05, 0.1) is 13.2 Å². The molecule has 0 fully saturated rings. The minimum absolute atomic E-state index is 0.172. The lowest BCUT2D eigenvalue weighted by atomic mass is 10.1. The molecule has 0 spiro atoms. The first kappa shape index (κ1) is 15.3. The highest BCUT2D eigenvalue weighted by Crippen LogP contribution is 2.03. The molecule has 0 aromatic rings. The van der Waals surface area contributed by atoms with E-state index in [0.717, 1.165) is 12.8 Å². The van der Waals surface area contributed by atoms with Gasteiger partial charge >= 0.3 is 5.97 Å². The molecule has 16 heavy (non-hydrogen) atoms. The van der Waals surface area contributed by atoms with E-state index in [9.17, 15) is 15.0 Å². The highest BCUT2D eigenvalue weighted by molar-refractivity contribution is 5.75. The molecule has 0 rings (SSSR count). The Morgan fingerprint density at radius 2 is 1.88 bits per heavy atom. The Kier molecular flexibility index (Phi) is 8.10. The van der Waals surface area contributed by atoms with E-state index in [-0.39, 0.29) is 6.61 Å². The lowest BCUT2D eigenvalue weighted by Crippen LogP contribution is -2.44. The van der Waals surface area contributed by atoms with Gasteiger partial charge in [-0.15, -0.1) is 0 Å². The molecular weight excluding hydrogens is 216 g/mol. The van der Waals surface area contributed by atoms with E-state index in [1.807, 2.05) is 6.92 Å². The van der Waals surface area contributed by atoms with Crippen LogP contribution in [0, 0.1) is 0 Å². The van der Waals surface area contributed by atoms with E-state index in [2.05, 4.69) is 4.74 Å². The Bertz CT molecular complexity index is 196. The average Bonchev–Trinajstić information content (AvgIpc) is 2.31. The number of unbranched alkanes of at least 4 members (excludes halogenated alkanes) is 2. The van der Waals surface area contributed by atoms with Gasteiger partial charge in [-0.05, 0) is 6.42 Å². The number of ether oxygens (including phenoxy) is 1. The van der Waals surface area contributed by atoms with Gasteiger partial charge in [-0.1, -0.05) is 19.8 Å². The van der Waals surface area contributed by atoms with E-state index in [0.29, 0.717) is 6.42 Å². The molecule has 0 saturated carbocycles. The first-order valence-corrected chi connectivity index (χ1v) is 5.36. The lowest BCUT2D eigenvalue weighted by Gasteiger charge is -2.20. The first-order valence-electron chi connectivity index (χ1n) is 5.36. The zero-order valence-corrected chi connectivity index (χ0v) is 9.37. The van der Waals surface area contributed by atoms with Crippen LogP contribution in [0.3, 0.4) is 0 Å². The van der Waals surface area contributed by atoms with Gasteiger partial charge in [0, 0.05) is 0 Å². The second-order valence-electron chi connectivity index (χ2n) is 3.56. The summed E-state index contributed by atoms with van der Waals surface area (Å²) < 4.78 is 4.68. The largest absolute Gasteiger partial charge is 0.464 e. The summed E-state index contributed by atoms with van der Waals surface area (Å²) in [6, 6.07) is 0. The average molecular weight is 236 g/mol. The predicted octanol–water partition coefficient (Wildman–Crippen LogP) is -1.21. The monoisotopic (exact) mass is 236 g/mol. The molecule has 0 amide bonds. The summed E-state index contributed by atoms with van der Waals surface area (Å²) in [5.41, 5.74) is 0. The number of aliphatic hydroxyl groups is 4. The van der Waals surface area contributed by atoms with Crippen LogP contribution in [0.5, 0.6) is 0 Å². The molecule has 0 bridgehead atoms. The Balaban J connectivity index is 3.88. The second kappa shape index (κ2) is 8.46. The Morgan fingerprint density at radius 1 is 1.25 bits per heavy atom. The smallest absolute Gasteiger partial charge is 0.337 e. The van der Waals surface area contributed by atoms with E-state index >= 15 is 0 Å². The van der Waals surface area contributed by atoms with Crippen LogP contribution < -0.4 is 0 Å². The zero-order chi connectivity index (χ0) is 12.6. The summed E-state index contributed by atoms with van der Waals surface area (Å²) in [6.07, 6.45) is -2.55. The van der Waals surface area contributed by atoms with E-state index in [1.165, 1.54) is 0 Å². The molecule has 4 N–H and O–H groups in total. The number of hydrogen-bond donors (Lipinski definition) is 4. The molecule has 96 valence electrons. The van der Waals surface area contributed by atoms with Crippen LogP contribution in [-0.4, -0.2) is 57.9 Å². The third kappa shape index (κ3) is 5.41. The van der Waals surface area contributed by atoms with Crippen LogP contribution in [0.2, 0.25) is 0 Å². The molecule has 0 aliphatic carbocycles. The summed E-state index contributed by atoms with van der Waals surface area (Å²) >= 11 is 0. The van der Waals surface area contributed by atoms with Crippen LogP contribution in [0.1, 0.15) is 26.2 Å². The van der Waals surface area contributed by atoms with Crippen molar-refractivity contribution < 1.29 is 30.0 Å². The van der Waals surface area contributed by atoms with Gasteiger partial charge in [-0.2, -0.15) is 0 Å². The van der Waals surface area contributed by atoms with Gasteiger partial charge in [-0.3, -0.25) is 0 Å². The molecule has 0 aromatic carbocycles. The van der Waals surface area contributed by atoms with Gasteiger partial charge in [-0.25, -0.2) is 4.79 Å². The fraction of sp³-hybridized carbons (Fsp3) is 0.900. The molecule has 6 nitrogen and oxygen atoms in total. The van der Waals surface area contributed by atoms with Gasteiger partial charge in [0.15, 0.2) is 6.10 Å². The van der Waals surface area contributed by atoms with Crippen LogP contribution >= 0.6 is 0 Å². The highest BCUT2D eigenvalue weighted by Gasteiger charge is 2.30. The quantitative estimate of drug-likeness (QED) is 0.311. The molecular formula is C10H20O6. The molecule has 0 aromatic heterocycles. The lowest BCUT2D eigenvalue weighted by molar-refractivity contribution is -0.166. The topological polar surface area (TPSA) is 107 Å². The number of rotatable bonds is 8. The van der Waals surface area contributed by atoms with Crippen LogP contribution in [-0.2, 0) is 9.53 Å². The normalized spacial score (nSPS) is 16.6. The summed E-state index contributed by atoms with van der Waals surface area (Å²) in [5.74, 6) is -0.990. The number of aliphatic hydroxyl groups excluding tert-OH is 4. The van der Waals surface area contributed by atoms with Crippen LogP contribution in [0.4, 0.5) is 0 Å². The van der Waals surface area contributed by atoms with E-state index in [1.54, 1.807) is 0 Å². The van der Waals surface area contributed by atoms with Crippen molar-refractivity contribution in [3.8, 4) is 0 Å². The summed E-state index contributed by atoms with van der Waals surface area (Å²) in [5, 5.41) is 35.9. The molecule has 0 aliphatic heterocycles. The van der Waals surface area contributed by atoms with Gasteiger partial charge in [0.2, 0.25) is 0 Å². The number of esters is 1. The first-order chi connectivity index (χ1) is 7.54. The van der Waals surface area contributed by atoms with Crippen LogP contribution in [0.25, 0.3) is 0 Å². The van der Waals surface area contributed by atoms with Crippen molar-refractivity contribution in [2.45, 2.75) is 44.5 Å². The minimum atomic E-state index is -1.83. The molecule has 0 saturated heterocycles. The SMILES string of the molecule is CCCCCOC(=O)C(O)C(O)C(O)CO. The number of carbonyl (C=O) groups excluding carboxylic acids is 1. The van der Waals surface area contributed by atoms with Gasteiger partial charge in [0.1, 0.15) is 12.2 Å². The van der Waals surface area contributed by atoms with Crippen molar-refractivity contribution in [3.05, 3.63) is 0 Å². The van der Waals surface area contributed by atoms with Gasteiger partial charge in [0.25, 0.3) is 0 Å². The molecule has 0 radical (unpaired) electrons. The third-order valence-electron chi connectivity index (χ3n) is 2.14. The van der Waals surface area contributed by atoms with E-state index < -0.39 is 30.9 Å². The standard InChI is InChI=1S/C10H20O6/c1-2-3-4-5-16-10(15)9(14)8(13)7(12)6-11/h7-9,11-14H,2-6H2,1H3. The maximum absolute atomic E-state index is 11.1. The summed E-state index contributed by atoms with van der Waals surface area (Å²) in [7, 11) is 0. The highest BCUT2D eigenvalue weighted by atomic mass is 16.5. The summed E-state index contributed by atoms with van der Waals surface area (Å²) in [4.78, 5) is 11.1. The fourth-order valence-corrected chi connectivity index (χ4v) is 1.07. The maximum Gasteiger partial charge on any atom is 0.337 e. The molecule has 3 atom stereocenters. The molecule has 0 heterocycles. The summed E-state index contributed by atoms with van der Waals surface area (Å²) in [6.45, 7) is 1.44. The van der Waals surface area contributed by atoms with Gasteiger partial charge < -0.3 is 25.2 Å². The molecule has 0 aliphatic rings. The third-order valence-corrected chi connectivity index (χ3v) is 2.14. The Hall–Kier alpha value is -0.690. The van der Waals surface area contributed by atoms with E-state index in [4.69, 9.17) is 10.2 Å². The Morgan fingerprint density at radius 3 is 2.38 bits per heavy atom. The predicted molar refractivity (Wildman–Crippen MR) is 55.6 cm³/mol. The van der Waals surface area contributed by atoms with Crippen LogP contribution in [0.15, 0.2) is 0 Å². The van der Waals surface area contributed by atoms with Crippen molar-refractivity contribution in [3.63, 3.8) is 0 Å². The molecule has 3 unspecified atom stereocenters. The van der Waals surface area contributed by atoms with Crippen molar-refractivity contribution in [1.29, 1.82) is 0 Å². The fourth-order valence-electron chi connectivity index (χ4n) is 1.07. The Labute approximate surface area is 94.5 Å².